The molecule has 0 aromatic heterocycles. The number of benzene rings is 2. The van der Waals surface area contributed by atoms with Crippen molar-refractivity contribution in [1.29, 1.82) is 0 Å². The normalized spacial score (nSPS) is 18.3. The van der Waals surface area contributed by atoms with E-state index in [2.05, 4.69) is 18.0 Å². The molecule has 1 heterocycles. The van der Waals surface area contributed by atoms with Crippen molar-refractivity contribution in [2.75, 3.05) is 34.9 Å². The summed E-state index contributed by atoms with van der Waals surface area (Å²) in [5, 5.41) is 10.3. The lowest BCUT2D eigenvalue weighted by atomic mass is 9.76. The number of aromatic hydroxyl groups is 1. The molecule has 1 N–H and O–H groups in total. The van der Waals surface area contributed by atoms with Crippen LogP contribution >= 0.6 is 0 Å². The number of ether oxygens (including phenoxy) is 3. The Morgan fingerprint density at radius 3 is 2.44 bits per heavy atom. The minimum Gasteiger partial charge on any atom is -0.504 e. The van der Waals surface area contributed by atoms with Crippen molar-refractivity contribution < 1.29 is 19.3 Å². The maximum atomic E-state index is 10.3. The first-order valence-corrected chi connectivity index (χ1v) is 8.47. The zero-order chi connectivity index (χ0) is 17.7. The van der Waals surface area contributed by atoms with Crippen LogP contribution in [0.5, 0.6) is 23.0 Å². The average molecular weight is 341 g/mol. The second-order valence-electron chi connectivity index (χ2n) is 6.66. The number of likely N-dealkylation sites (N-methyl/N-ethyl adjacent to an activating group) is 1. The molecule has 0 radical (unpaired) electrons. The summed E-state index contributed by atoms with van der Waals surface area (Å²) in [5.74, 6) is 2.06. The van der Waals surface area contributed by atoms with Gasteiger partial charge in [-0.2, -0.15) is 0 Å². The lowest BCUT2D eigenvalue weighted by Gasteiger charge is -2.40. The topological polar surface area (TPSA) is 51.2 Å². The molecular formula is C20H23NO4. The maximum Gasteiger partial charge on any atom is 0.169 e. The van der Waals surface area contributed by atoms with Crippen LogP contribution in [0.25, 0.3) is 11.1 Å². The van der Waals surface area contributed by atoms with Crippen LogP contribution in [0.1, 0.15) is 22.7 Å². The summed E-state index contributed by atoms with van der Waals surface area (Å²) in [6, 6.07) is 6.08. The molecule has 1 atom stereocenters. The molecule has 2 aliphatic rings. The lowest BCUT2D eigenvalue weighted by Crippen LogP contribution is -2.35. The Bertz CT molecular complexity index is 846. The van der Waals surface area contributed by atoms with Crippen molar-refractivity contribution in [3.05, 3.63) is 34.9 Å². The van der Waals surface area contributed by atoms with Crippen LogP contribution in [0.3, 0.4) is 0 Å². The Labute approximate surface area is 147 Å². The predicted octanol–water partition coefficient (Wildman–Crippen LogP) is 3.17. The molecule has 1 aliphatic carbocycles. The van der Waals surface area contributed by atoms with Crippen molar-refractivity contribution in [1.82, 2.24) is 4.90 Å². The molecular weight excluding hydrogens is 318 g/mol. The molecule has 2 aromatic carbocycles. The fraction of sp³-hybridized carbons (Fsp3) is 0.400. The van der Waals surface area contributed by atoms with Gasteiger partial charge < -0.3 is 19.3 Å². The maximum absolute atomic E-state index is 10.3. The molecule has 4 rings (SSSR count). The van der Waals surface area contributed by atoms with E-state index >= 15 is 0 Å². The van der Waals surface area contributed by atoms with Gasteiger partial charge in [0.15, 0.2) is 23.0 Å². The Morgan fingerprint density at radius 2 is 1.76 bits per heavy atom. The first-order chi connectivity index (χ1) is 12.1. The summed E-state index contributed by atoms with van der Waals surface area (Å²) in [6.07, 6.45) is 1.85. The quantitative estimate of drug-likeness (QED) is 0.929. The highest BCUT2D eigenvalue weighted by atomic mass is 16.5. The van der Waals surface area contributed by atoms with E-state index < -0.39 is 0 Å². The highest BCUT2D eigenvalue weighted by Crippen LogP contribution is 2.56. The first kappa shape index (κ1) is 16.1. The minimum atomic E-state index is 0.141. The smallest absolute Gasteiger partial charge is 0.169 e. The van der Waals surface area contributed by atoms with Crippen LogP contribution < -0.4 is 14.2 Å². The number of phenols is 1. The van der Waals surface area contributed by atoms with Gasteiger partial charge in [-0.05, 0) is 48.7 Å². The fourth-order valence-corrected chi connectivity index (χ4v) is 4.30. The number of methoxy groups -OCH3 is 3. The third kappa shape index (κ3) is 2.19. The van der Waals surface area contributed by atoms with Gasteiger partial charge in [-0.15, -0.1) is 0 Å². The SMILES string of the molecule is COc1cc2c3c(c1OC)-c1c(ccc(O)c1OC)CC3N(C)CC2. The predicted molar refractivity (Wildman–Crippen MR) is 96.0 cm³/mol. The van der Waals surface area contributed by atoms with Gasteiger partial charge in [-0.25, -0.2) is 0 Å². The summed E-state index contributed by atoms with van der Waals surface area (Å²) < 4.78 is 16.9. The zero-order valence-corrected chi connectivity index (χ0v) is 15.0. The van der Waals surface area contributed by atoms with Crippen LogP contribution in [0.15, 0.2) is 18.2 Å². The lowest BCUT2D eigenvalue weighted by molar-refractivity contribution is 0.226. The summed E-state index contributed by atoms with van der Waals surface area (Å²) in [5.41, 5.74) is 5.61. The molecule has 1 aliphatic heterocycles. The highest BCUT2D eigenvalue weighted by molar-refractivity contribution is 5.88. The molecule has 0 spiro atoms. The van der Waals surface area contributed by atoms with Crippen molar-refractivity contribution in [2.24, 2.45) is 0 Å². The van der Waals surface area contributed by atoms with Gasteiger partial charge in [0.05, 0.1) is 21.3 Å². The molecule has 5 heteroatoms. The third-order valence-electron chi connectivity index (χ3n) is 5.49. The monoisotopic (exact) mass is 341 g/mol. The number of hydrogen-bond acceptors (Lipinski definition) is 5. The second kappa shape index (κ2) is 5.85. The largest absolute Gasteiger partial charge is 0.504 e. The van der Waals surface area contributed by atoms with Gasteiger partial charge in [0.1, 0.15) is 0 Å². The van der Waals surface area contributed by atoms with Gasteiger partial charge in [-0.1, -0.05) is 6.07 Å². The first-order valence-electron chi connectivity index (χ1n) is 8.47. The van der Waals surface area contributed by atoms with Gasteiger partial charge in [0.2, 0.25) is 0 Å². The van der Waals surface area contributed by atoms with Crippen molar-refractivity contribution in [3.63, 3.8) is 0 Å². The average Bonchev–Trinajstić information content (AvgIpc) is 2.63. The van der Waals surface area contributed by atoms with E-state index in [-0.39, 0.29) is 5.75 Å². The van der Waals surface area contributed by atoms with Crippen LogP contribution in [0, 0.1) is 0 Å². The van der Waals surface area contributed by atoms with Crippen LogP contribution in [-0.2, 0) is 12.8 Å². The van der Waals surface area contributed by atoms with Gasteiger partial charge in [0.25, 0.3) is 0 Å². The van der Waals surface area contributed by atoms with Crippen LogP contribution in [0.4, 0.5) is 0 Å². The Balaban J connectivity index is 2.13. The van der Waals surface area contributed by atoms with Gasteiger partial charge >= 0.3 is 0 Å². The summed E-state index contributed by atoms with van der Waals surface area (Å²) in [4.78, 5) is 2.39. The Morgan fingerprint density at radius 1 is 1.00 bits per heavy atom. The van der Waals surface area contributed by atoms with E-state index in [4.69, 9.17) is 14.2 Å². The minimum absolute atomic E-state index is 0.141. The molecule has 0 amide bonds. The number of nitrogens with zero attached hydrogens (tertiary/aromatic N) is 1. The molecule has 0 saturated carbocycles. The zero-order valence-electron chi connectivity index (χ0n) is 15.0. The Kier molecular flexibility index (Phi) is 3.76. The van der Waals surface area contributed by atoms with Gasteiger partial charge in [-0.3, -0.25) is 4.90 Å². The molecule has 1 unspecified atom stereocenters. The summed E-state index contributed by atoms with van der Waals surface area (Å²) in [7, 11) is 7.07. The molecule has 132 valence electrons. The van der Waals surface area contributed by atoms with E-state index in [1.807, 2.05) is 6.07 Å². The van der Waals surface area contributed by atoms with Crippen molar-refractivity contribution in [2.45, 2.75) is 18.9 Å². The van der Waals surface area contributed by atoms with Crippen molar-refractivity contribution in [3.8, 4) is 34.1 Å². The van der Waals surface area contributed by atoms with E-state index in [0.29, 0.717) is 17.5 Å². The third-order valence-corrected chi connectivity index (χ3v) is 5.49. The highest BCUT2D eigenvalue weighted by Gasteiger charge is 2.38. The molecule has 0 saturated heterocycles. The van der Waals surface area contributed by atoms with Crippen LogP contribution in [-0.4, -0.2) is 44.9 Å². The molecule has 25 heavy (non-hydrogen) atoms. The molecule has 0 bridgehead atoms. The van der Waals surface area contributed by atoms with Crippen molar-refractivity contribution >= 4 is 0 Å². The number of rotatable bonds is 3. The second-order valence-corrected chi connectivity index (χ2v) is 6.66. The van der Waals surface area contributed by atoms with Gasteiger partial charge in [0, 0.05) is 23.7 Å². The molecule has 0 fully saturated rings. The summed E-state index contributed by atoms with van der Waals surface area (Å²) in [6.45, 7) is 1.01. The summed E-state index contributed by atoms with van der Waals surface area (Å²) >= 11 is 0. The fourth-order valence-electron chi connectivity index (χ4n) is 4.30. The van der Waals surface area contributed by atoms with E-state index in [0.717, 1.165) is 41.8 Å². The van der Waals surface area contributed by atoms with Crippen LogP contribution in [0.2, 0.25) is 0 Å². The molecule has 5 nitrogen and oxygen atoms in total. The standard InChI is InChI=1S/C20H23NO4/c1-21-8-7-12-10-15(23-2)20(25-4)18-16(12)13(21)9-11-5-6-14(22)19(24-3)17(11)18/h5-6,10,13,22H,7-9H2,1-4H3. The Hall–Kier alpha value is -2.40. The van der Waals surface area contributed by atoms with E-state index in [1.54, 1.807) is 27.4 Å². The number of fused-ring (bicyclic) bond motifs is 2. The number of hydrogen-bond donors (Lipinski definition) is 1. The molecule has 2 aromatic rings. The van der Waals surface area contributed by atoms with E-state index in [1.165, 1.54) is 11.1 Å². The number of phenolic OH excluding ortho intramolecular Hbond substituents is 1. The van der Waals surface area contributed by atoms with E-state index in [9.17, 15) is 5.11 Å².